The number of Topliss-reactive ketones (excluding diaryl/α,β-unsaturated/α-hetero) is 1. The second-order valence-corrected chi connectivity index (χ2v) is 9.20. The summed E-state index contributed by atoms with van der Waals surface area (Å²) in [7, 11) is 1.72. The number of halogens is 2. The molecule has 1 aromatic carbocycles. The number of thiazole rings is 1. The number of fused-ring (bicyclic) bond motifs is 1. The van der Waals surface area contributed by atoms with Gasteiger partial charge in [-0.25, -0.2) is 19.2 Å². The van der Waals surface area contributed by atoms with Crippen molar-refractivity contribution in [2.75, 3.05) is 43.4 Å². The summed E-state index contributed by atoms with van der Waals surface area (Å²) in [5.74, 6) is 0.428. The van der Waals surface area contributed by atoms with Crippen molar-refractivity contribution in [3.8, 4) is 0 Å². The maximum absolute atomic E-state index is 14.3. The smallest absolute Gasteiger partial charge is 0.321 e. The highest BCUT2D eigenvalue weighted by Gasteiger charge is 2.16. The lowest BCUT2D eigenvalue weighted by atomic mass is 10.1. The van der Waals surface area contributed by atoms with E-state index in [2.05, 4.69) is 25.5 Å². The van der Waals surface area contributed by atoms with E-state index in [1.54, 1.807) is 36.2 Å². The minimum atomic E-state index is -0.441. The molecule has 1 aliphatic heterocycles. The Balaban J connectivity index is 1.31. The van der Waals surface area contributed by atoms with Gasteiger partial charge in [0, 0.05) is 44.5 Å². The SMILES string of the molecule is CN(c1ccc2nc(NC(=O)NCCCN3CCC(=O)CC3)sc2n1)c1ccc(Cl)cc1F. The Morgan fingerprint density at radius 2 is 2.03 bits per heavy atom. The zero-order valence-corrected chi connectivity index (χ0v) is 19.7. The monoisotopic (exact) mass is 490 g/mol. The van der Waals surface area contributed by atoms with Gasteiger partial charge in [-0.2, -0.15) is 0 Å². The van der Waals surface area contributed by atoms with Crippen LogP contribution in [0.3, 0.4) is 0 Å². The molecule has 3 aromatic rings. The fourth-order valence-electron chi connectivity index (χ4n) is 3.60. The van der Waals surface area contributed by atoms with Gasteiger partial charge in [0.05, 0.1) is 5.69 Å². The van der Waals surface area contributed by atoms with Crippen LogP contribution in [-0.4, -0.2) is 59.9 Å². The number of benzene rings is 1. The van der Waals surface area contributed by atoms with Crippen molar-refractivity contribution in [1.29, 1.82) is 0 Å². The number of pyridine rings is 1. The number of amides is 2. The third-order valence-electron chi connectivity index (χ3n) is 5.43. The number of nitrogens with one attached hydrogen (secondary N) is 2. The Labute approximate surface area is 199 Å². The van der Waals surface area contributed by atoms with Crippen LogP contribution in [0.4, 0.5) is 25.8 Å². The van der Waals surface area contributed by atoms with E-state index in [9.17, 15) is 14.0 Å². The van der Waals surface area contributed by atoms with E-state index in [4.69, 9.17) is 11.6 Å². The molecule has 0 aliphatic carbocycles. The standard InChI is InChI=1S/C22H24ClFN6O2S/c1-29(18-5-3-14(23)13-16(18)24)19-6-4-17-20(27-19)33-22(26-17)28-21(32)25-9-2-10-30-11-7-15(31)8-12-30/h3-6,13H,2,7-12H2,1H3,(H2,25,26,28,32). The predicted octanol–water partition coefficient (Wildman–Crippen LogP) is 4.43. The number of hydrogen-bond donors (Lipinski definition) is 2. The van der Waals surface area contributed by atoms with E-state index in [1.165, 1.54) is 17.4 Å². The average Bonchev–Trinajstić information content (AvgIpc) is 3.19. The summed E-state index contributed by atoms with van der Waals surface area (Å²) in [4.78, 5) is 36.9. The third-order valence-corrected chi connectivity index (χ3v) is 6.54. The van der Waals surface area contributed by atoms with Gasteiger partial charge in [0.2, 0.25) is 0 Å². The molecule has 0 spiro atoms. The fraction of sp³-hybridized carbons (Fsp3) is 0.364. The van der Waals surface area contributed by atoms with Gasteiger partial charge in [0.25, 0.3) is 0 Å². The molecule has 0 saturated carbocycles. The van der Waals surface area contributed by atoms with Crippen LogP contribution < -0.4 is 15.5 Å². The van der Waals surface area contributed by atoms with Crippen LogP contribution in [-0.2, 0) is 4.79 Å². The molecule has 3 heterocycles. The van der Waals surface area contributed by atoms with E-state index in [0.717, 1.165) is 26.1 Å². The highest BCUT2D eigenvalue weighted by Crippen LogP contribution is 2.30. The van der Waals surface area contributed by atoms with Crippen LogP contribution in [0.15, 0.2) is 30.3 Å². The summed E-state index contributed by atoms with van der Waals surface area (Å²) in [6.07, 6.45) is 2.04. The first-order valence-electron chi connectivity index (χ1n) is 10.6. The van der Waals surface area contributed by atoms with Gasteiger partial charge < -0.3 is 15.1 Å². The molecule has 2 aromatic heterocycles. The van der Waals surface area contributed by atoms with E-state index in [0.29, 0.717) is 57.2 Å². The molecule has 0 unspecified atom stereocenters. The predicted molar refractivity (Wildman–Crippen MR) is 129 cm³/mol. The summed E-state index contributed by atoms with van der Waals surface area (Å²) in [5, 5.41) is 6.33. The van der Waals surface area contributed by atoms with Crippen LogP contribution in [0.25, 0.3) is 10.3 Å². The first-order valence-corrected chi connectivity index (χ1v) is 11.8. The Kier molecular flexibility index (Phi) is 7.36. The minimum Gasteiger partial charge on any atom is -0.338 e. The minimum absolute atomic E-state index is 0.324. The van der Waals surface area contributed by atoms with Gasteiger partial charge in [-0.05, 0) is 43.3 Å². The van der Waals surface area contributed by atoms with Crippen LogP contribution in [0.5, 0.6) is 0 Å². The van der Waals surface area contributed by atoms with Crippen molar-refractivity contribution in [2.24, 2.45) is 0 Å². The van der Waals surface area contributed by atoms with Crippen molar-refractivity contribution in [3.05, 3.63) is 41.2 Å². The van der Waals surface area contributed by atoms with Crippen molar-refractivity contribution < 1.29 is 14.0 Å². The molecule has 0 bridgehead atoms. The van der Waals surface area contributed by atoms with Crippen LogP contribution >= 0.6 is 22.9 Å². The molecule has 0 atom stereocenters. The number of hydrogen-bond acceptors (Lipinski definition) is 7. The van der Waals surface area contributed by atoms with Crippen molar-refractivity contribution in [2.45, 2.75) is 19.3 Å². The van der Waals surface area contributed by atoms with Gasteiger partial charge in [-0.1, -0.05) is 22.9 Å². The number of aromatic nitrogens is 2. The van der Waals surface area contributed by atoms with Crippen molar-refractivity contribution in [1.82, 2.24) is 20.2 Å². The molecule has 1 saturated heterocycles. The van der Waals surface area contributed by atoms with Gasteiger partial charge in [-0.15, -0.1) is 0 Å². The number of carbonyl (C=O) groups is 2. The number of urea groups is 1. The van der Waals surface area contributed by atoms with Crippen molar-refractivity contribution >= 4 is 61.7 Å². The summed E-state index contributed by atoms with van der Waals surface area (Å²) in [5.41, 5.74) is 0.994. The highest BCUT2D eigenvalue weighted by molar-refractivity contribution is 7.22. The van der Waals surface area contributed by atoms with Gasteiger partial charge >= 0.3 is 6.03 Å². The Bertz CT molecular complexity index is 1160. The van der Waals surface area contributed by atoms with Gasteiger partial charge in [0.15, 0.2) is 5.13 Å². The Morgan fingerprint density at radius 3 is 2.79 bits per heavy atom. The van der Waals surface area contributed by atoms with Gasteiger partial charge in [0.1, 0.15) is 27.8 Å². The first-order chi connectivity index (χ1) is 15.9. The zero-order chi connectivity index (χ0) is 23.4. The summed E-state index contributed by atoms with van der Waals surface area (Å²) < 4.78 is 14.3. The maximum atomic E-state index is 14.3. The second kappa shape index (κ2) is 10.4. The molecule has 2 amide bonds. The van der Waals surface area contributed by atoms with E-state index >= 15 is 0 Å². The van der Waals surface area contributed by atoms with Crippen molar-refractivity contribution in [3.63, 3.8) is 0 Å². The molecular formula is C22H24ClFN6O2S. The zero-order valence-electron chi connectivity index (χ0n) is 18.1. The quantitative estimate of drug-likeness (QED) is 0.476. The number of piperidine rings is 1. The van der Waals surface area contributed by atoms with Crippen LogP contribution in [0, 0.1) is 5.82 Å². The number of carbonyl (C=O) groups excluding carboxylic acids is 2. The Hall–Kier alpha value is -2.82. The fourth-order valence-corrected chi connectivity index (χ4v) is 4.58. The molecule has 174 valence electrons. The van der Waals surface area contributed by atoms with E-state index in [1.807, 2.05) is 0 Å². The van der Waals surface area contributed by atoms with Crippen LogP contribution in [0.2, 0.25) is 5.02 Å². The highest BCUT2D eigenvalue weighted by atomic mass is 35.5. The molecule has 0 radical (unpaired) electrons. The number of likely N-dealkylation sites (tertiary alicyclic amines) is 1. The molecule has 8 nitrogen and oxygen atoms in total. The number of ketones is 1. The van der Waals surface area contributed by atoms with E-state index in [-0.39, 0.29) is 6.03 Å². The molecule has 11 heteroatoms. The Morgan fingerprint density at radius 1 is 1.24 bits per heavy atom. The molecule has 33 heavy (non-hydrogen) atoms. The van der Waals surface area contributed by atoms with Gasteiger partial charge in [-0.3, -0.25) is 10.1 Å². The maximum Gasteiger partial charge on any atom is 0.321 e. The van der Waals surface area contributed by atoms with E-state index < -0.39 is 5.82 Å². The molecule has 4 rings (SSSR count). The summed E-state index contributed by atoms with van der Waals surface area (Å²) in [6, 6.07) is 7.67. The lowest BCUT2D eigenvalue weighted by Gasteiger charge is -2.25. The third kappa shape index (κ3) is 5.95. The average molecular weight is 491 g/mol. The molecule has 1 aliphatic rings. The largest absolute Gasteiger partial charge is 0.338 e. The number of nitrogens with zero attached hydrogens (tertiary/aromatic N) is 4. The second-order valence-electron chi connectivity index (χ2n) is 7.78. The first kappa shape index (κ1) is 23.3. The number of anilines is 3. The molecular weight excluding hydrogens is 467 g/mol. The topological polar surface area (TPSA) is 90.5 Å². The summed E-state index contributed by atoms with van der Waals surface area (Å²) >= 11 is 7.08. The molecule has 1 fully saturated rings. The molecule has 2 N–H and O–H groups in total. The van der Waals surface area contributed by atoms with Crippen LogP contribution in [0.1, 0.15) is 19.3 Å². The lowest BCUT2D eigenvalue weighted by Crippen LogP contribution is -2.36. The normalized spacial score (nSPS) is 14.5. The number of rotatable bonds is 7. The lowest BCUT2D eigenvalue weighted by molar-refractivity contribution is -0.121. The summed E-state index contributed by atoms with van der Waals surface area (Å²) in [6.45, 7) is 2.97.